The van der Waals surface area contributed by atoms with E-state index in [1.54, 1.807) is 4.68 Å². The number of aryl methyl sites for hydroxylation is 1. The van der Waals surface area contributed by atoms with Gasteiger partial charge in [0.05, 0.1) is 12.2 Å². The van der Waals surface area contributed by atoms with Gasteiger partial charge >= 0.3 is 0 Å². The van der Waals surface area contributed by atoms with Crippen molar-refractivity contribution < 1.29 is 4.79 Å². The van der Waals surface area contributed by atoms with E-state index in [4.69, 9.17) is 0 Å². The molecule has 0 aromatic carbocycles. The van der Waals surface area contributed by atoms with E-state index in [0.29, 0.717) is 6.54 Å². The van der Waals surface area contributed by atoms with E-state index < -0.39 is 0 Å². The molecule has 0 spiro atoms. The first-order valence-corrected chi connectivity index (χ1v) is 5.98. The standard InChI is InChI=1S/C12H17N3O/c1-15-3-2-11(14-15)7-13-12(16)10-5-8-4-9(8)6-10/h2-3,8-10H,4-7H2,1H3,(H,13,16). The normalized spacial score (nSPS) is 31.2. The molecule has 1 aromatic heterocycles. The van der Waals surface area contributed by atoms with Crippen LogP contribution in [-0.2, 0) is 18.4 Å². The van der Waals surface area contributed by atoms with Crippen molar-refractivity contribution in [3.8, 4) is 0 Å². The Morgan fingerprint density at radius 1 is 1.50 bits per heavy atom. The van der Waals surface area contributed by atoms with Gasteiger partial charge in [0.25, 0.3) is 0 Å². The van der Waals surface area contributed by atoms with Gasteiger partial charge < -0.3 is 5.32 Å². The molecule has 1 N–H and O–H groups in total. The SMILES string of the molecule is Cn1ccc(CNC(=O)C2CC3CC3C2)n1. The number of amides is 1. The number of fused-ring (bicyclic) bond motifs is 1. The Morgan fingerprint density at radius 2 is 2.25 bits per heavy atom. The maximum absolute atomic E-state index is 11.8. The lowest BCUT2D eigenvalue weighted by Gasteiger charge is -2.11. The van der Waals surface area contributed by atoms with E-state index in [2.05, 4.69) is 10.4 Å². The van der Waals surface area contributed by atoms with Gasteiger partial charge in [0.1, 0.15) is 0 Å². The monoisotopic (exact) mass is 219 g/mol. The van der Waals surface area contributed by atoms with E-state index >= 15 is 0 Å². The maximum Gasteiger partial charge on any atom is 0.223 e. The molecule has 2 unspecified atom stereocenters. The molecule has 0 radical (unpaired) electrons. The van der Waals surface area contributed by atoms with Gasteiger partial charge in [0, 0.05) is 19.2 Å². The van der Waals surface area contributed by atoms with E-state index in [-0.39, 0.29) is 11.8 Å². The molecule has 2 fully saturated rings. The van der Waals surface area contributed by atoms with Gasteiger partial charge in [-0.1, -0.05) is 0 Å². The van der Waals surface area contributed by atoms with Crippen LogP contribution in [0.25, 0.3) is 0 Å². The lowest BCUT2D eigenvalue weighted by atomic mass is 10.0. The molecule has 3 rings (SSSR count). The zero-order chi connectivity index (χ0) is 11.1. The molecule has 0 saturated heterocycles. The number of hydrogen-bond acceptors (Lipinski definition) is 2. The molecule has 2 atom stereocenters. The van der Waals surface area contributed by atoms with E-state index in [1.165, 1.54) is 6.42 Å². The smallest absolute Gasteiger partial charge is 0.223 e. The molecule has 4 nitrogen and oxygen atoms in total. The van der Waals surface area contributed by atoms with Crippen molar-refractivity contribution in [2.45, 2.75) is 25.8 Å². The Balaban J connectivity index is 1.49. The van der Waals surface area contributed by atoms with Gasteiger partial charge in [0.15, 0.2) is 0 Å². The first-order valence-electron chi connectivity index (χ1n) is 5.98. The highest BCUT2D eigenvalue weighted by Gasteiger charge is 2.47. The molecule has 2 aliphatic rings. The summed E-state index contributed by atoms with van der Waals surface area (Å²) in [6.07, 6.45) is 5.48. The van der Waals surface area contributed by atoms with Gasteiger partial charge in [-0.3, -0.25) is 9.48 Å². The Kier molecular flexibility index (Phi) is 2.23. The molecular formula is C12H17N3O. The Bertz CT molecular complexity index is 402. The average molecular weight is 219 g/mol. The first kappa shape index (κ1) is 9.87. The number of nitrogens with zero attached hydrogens (tertiary/aromatic N) is 2. The van der Waals surface area contributed by atoms with Crippen LogP contribution in [-0.4, -0.2) is 15.7 Å². The molecule has 1 aromatic rings. The first-order chi connectivity index (χ1) is 7.72. The van der Waals surface area contributed by atoms with Crippen molar-refractivity contribution in [2.75, 3.05) is 0 Å². The van der Waals surface area contributed by atoms with E-state index in [0.717, 1.165) is 30.4 Å². The quantitative estimate of drug-likeness (QED) is 0.827. The summed E-state index contributed by atoms with van der Waals surface area (Å²) < 4.78 is 1.76. The molecule has 16 heavy (non-hydrogen) atoms. The van der Waals surface area contributed by atoms with Crippen molar-refractivity contribution in [3.63, 3.8) is 0 Å². The molecule has 0 aliphatic heterocycles. The third-order valence-corrected chi connectivity index (χ3v) is 3.83. The van der Waals surface area contributed by atoms with Crippen molar-refractivity contribution in [3.05, 3.63) is 18.0 Å². The molecule has 1 amide bonds. The molecule has 0 bridgehead atoms. The Hall–Kier alpha value is -1.32. The average Bonchev–Trinajstić information content (AvgIpc) is 2.71. The van der Waals surface area contributed by atoms with Crippen LogP contribution < -0.4 is 5.32 Å². The van der Waals surface area contributed by atoms with Crippen LogP contribution in [0.4, 0.5) is 0 Å². The number of hydrogen-bond donors (Lipinski definition) is 1. The topological polar surface area (TPSA) is 46.9 Å². The van der Waals surface area contributed by atoms with Crippen LogP contribution in [0.2, 0.25) is 0 Å². The fourth-order valence-electron chi connectivity index (χ4n) is 2.81. The zero-order valence-electron chi connectivity index (χ0n) is 9.52. The third-order valence-electron chi connectivity index (χ3n) is 3.83. The van der Waals surface area contributed by atoms with Crippen LogP contribution in [0.15, 0.2) is 12.3 Å². The predicted octanol–water partition coefficient (Wildman–Crippen LogP) is 1.08. The van der Waals surface area contributed by atoms with Crippen molar-refractivity contribution >= 4 is 5.91 Å². The minimum atomic E-state index is 0.220. The summed E-state index contributed by atoms with van der Waals surface area (Å²) in [5.74, 6) is 2.22. The number of carbonyl (C=O) groups excluding carboxylic acids is 1. The molecule has 2 saturated carbocycles. The lowest BCUT2D eigenvalue weighted by molar-refractivity contribution is -0.125. The van der Waals surface area contributed by atoms with Crippen LogP contribution in [0, 0.1) is 17.8 Å². The minimum absolute atomic E-state index is 0.220. The number of carbonyl (C=O) groups is 1. The second-order valence-electron chi connectivity index (χ2n) is 5.12. The van der Waals surface area contributed by atoms with Gasteiger partial charge in [-0.2, -0.15) is 5.10 Å². The second kappa shape index (κ2) is 3.61. The third kappa shape index (κ3) is 1.84. The highest BCUT2D eigenvalue weighted by molar-refractivity contribution is 5.79. The Labute approximate surface area is 95.0 Å². The van der Waals surface area contributed by atoms with Crippen molar-refractivity contribution in [1.82, 2.24) is 15.1 Å². The Morgan fingerprint density at radius 3 is 2.88 bits per heavy atom. The zero-order valence-corrected chi connectivity index (χ0v) is 9.52. The van der Waals surface area contributed by atoms with Crippen molar-refractivity contribution in [1.29, 1.82) is 0 Å². The predicted molar refractivity (Wildman–Crippen MR) is 59.4 cm³/mol. The van der Waals surface area contributed by atoms with E-state index in [1.807, 2.05) is 19.3 Å². The molecule has 86 valence electrons. The van der Waals surface area contributed by atoms with Gasteiger partial charge in [0.2, 0.25) is 5.91 Å². The van der Waals surface area contributed by atoms with Gasteiger partial charge in [-0.05, 0) is 37.2 Å². The van der Waals surface area contributed by atoms with Gasteiger partial charge in [-0.25, -0.2) is 0 Å². The summed E-state index contributed by atoms with van der Waals surface area (Å²) in [6.45, 7) is 0.561. The summed E-state index contributed by atoms with van der Waals surface area (Å²) in [5.41, 5.74) is 0.930. The summed E-state index contributed by atoms with van der Waals surface area (Å²) in [6, 6.07) is 1.94. The summed E-state index contributed by atoms with van der Waals surface area (Å²) in [7, 11) is 1.88. The minimum Gasteiger partial charge on any atom is -0.350 e. The van der Waals surface area contributed by atoms with Crippen LogP contribution in [0.1, 0.15) is 25.0 Å². The van der Waals surface area contributed by atoms with Crippen LogP contribution in [0.5, 0.6) is 0 Å². The summed E-state index contributed by atoms with van der Waals surface area (Å²) in [4.78, 5) is 11.8. The summed E-state index contributed by atoms with van der Waals surface area (Å²) in [5, 5.41) is 7.22. The second-order valence-corrected chi connectivity index (χ2v) is 5.12. The number of rotatable bonds is 3. The highest BCUT2D eigenvalue weighted by Crippen LogP contribution is 2.54. The molecular weight excluding hydrogens is 202 g/mol. The lowest BCUT2D eigenvalue weighted by Crippen LogP contribution is -2.29. The van der Waals surface area contributed by atoms with Crippen LogP contribution in [0.3, 0.4) is 0 Å². The van der Waals surface area contributed by atoms with Crippen LogP contribution >= 0.6 is 0 Å². The molecule has 4 heteroatoms. The number of aromatic nitrogens is 2. The molecule has 2 aliphatic carbocycles. The van der Waals surface area contributed by atoms with E-state index in [9.17, 15) is 4.79 Å². The fraction of sp³-hybridized carbons (Fsp3) is 0.667. The van der Waals surface area contributed by atoms with Gasteiger partial charge in [-0.15, -0.1) is 0 Å². The highest BCUT2D eigenvalue weighted by atomic mass is 16.1. The molecule has 1 heterocycles. The van der Waals surface area contributed by atoms with Crippen molar-refractivity contribution in [2.24, 2.45) is 24.8 Å². The largest absolute Gasteiger partial charge is 0.350 e. The number of nitrogens with one attached hydrogen (secondary N) is 1. The maximum atomic E-state index is 11.8. The fourth-order valence-corrected chi connectivity index (χ4v) is 2.81. The summed E-state index contributed by atoms with van der Waals surface area (Å²) >= 11 is 0.